The standard InChI is InChI=1S/C20H21N2SSi/c1-14-9-10-17-20(19(14)15-11-12-21-13-22(15)2)24(3,4)18-8-6-5-7-16(18)23-17/h5-13H,1-4H3/q+1. The third-order valence-electron chi connectivity index (χ3n) is 4.98. The molecule has 2 heterocycles. The van der Waals surface area contributed by atoms with Crippen LogP contribution in [0.5, 0.6) is 0 Å². The van der Waals surface area contributed by atoms with Crippen molar-refractivity contribution in [2.24, 2.45) is 7.05 Å². The van der Waals surface area contributed by atoms with Crippen molar-refractivity contribution in [3.63, 3.8) is 0 Å². The van der Waals surface area contributed by atoms with Gasteiger partial charge in [0.25, 0.3) is 6.33 Å². The smallest absolute Gasteiger partial charge is 0.233 e. The largest absolute Gasteiger partial charge is 0.286 e. The molecule has 4 rings (SSSR count). The van der Waals surface area contributed by atoms with E-state index in [2.05, 4.69) is 79.1 Å². The lowest BCUT2D eigenvalue weighted by Crippen LogP contribution is -2.57. The fraction of sp³-hybridized carbons (Fsp3) is 0.200. The summed E-state index contributed by atoms with van der Waals surface area (Å²) < 4.78 is 2.14. The van der Waals surface area contributed by atoms with E-state index < -0.39 is 8.07 Å². The molecule has 2 aromatic carbocycles. The molecule has 0 radical (unpaired) electrons. The molecule has 1 aromatic heterocycles. The Labute approximate surface area is 148 Å². The van der Waals surface area contributed by atoms with Crippen molar-refractivity contribution in [1.29, 1.82) is 0 Å². The second-order valence-electron chi connectivity index (χ2n) is 6.93. The first-order valence-corrected chi connectivity index (χ1v) is 12.0. The molecule has 3 aromatic rings. The Kier molecular flexibility index (Phi) is 3.62. The maximum absolute atomic E-state index is 4.25. The molecule has 0 saturated carbocycles. The molecule has 1 aliphatic heterocycles. The summed E-state index contributed by atoms with van der Waals surface area (Å²) in [5.41, 5.74) is 3.99. The number of hydrogen-bond acceptors (Lipinski definition) is 2. The third kappa shape index (κ3) is 2.25. The van der Waals surface area contributed by atoms with Gasteiger partial charge in [-0.2, -0.15) is 0 Å². The average molecular weight is 350 g/mol. The number of aromatic nitrogens is 2. The van der Waals surface area contributed by atoms with Gasteiger partial charge in [0.2, 0.25) is 0 Å². The van der Waals surface area contributed by atoms with Crippen LogP contribution in [0.25, 0.3) is 11.3 Å². The van der Waals surface area contributed by atoms with Crippen molar-refractivity contribution in [3.8, 4) is 11.3 Å². The first kappa shape index (κ1) is 15.6. The molecule has 0 fully saturated rings. The summed E-state index contributed by atoms with van der Waals surface area (Å²) in [5.74, 6) is 0. The summed E-state index contributed by atoms with van der Waals surface area (Å²) in [5, 5.41) is 3.11. The highest BCUT2D eigenvalue weighted by atomic mass is 32.2. The van der Waals surface area contributed by atoms with Crippen molar-refractivity contribution in [2.45, 2.75) is 29.8 Å². The van der Waals surface area contributed by atoms with Gasteiger partial charge in [-0.25, -0.2) is 4.57 Å². The van der Waals surface area contributed by atoms with Gasteiger partial charge in [0.1, 0.15) is 20.0 Å². The number of nitrogens with zero attached hydrogens (tertiary/aromatic N) is 2. The number of rotatable bonds is 1. The van der Waals surface area contributed by atoms with Gasteiger partial charge in [0.15, 0.2) is 0 Å². The quantitative estimate of drug-likeness (QED) is 0.496. The molecule has 0 aliphatic carbocycles. The molecule has 0 spiro atoms. The van der Waals surface area contributed by atoms with E-state index in [-0.39, 0.29) is 0 Å². The van der Waals surface area contributed by atoms with Gasteiger partial charge >= 0.3 is 0 Å². The Hall–Kier alpha value is -1.91. The Morgan fingerprint density at radius 3 is 2.58 bits per heavy atom. The summed E-state index contributed by atoms with van der Waals surface area (Å²) in [6.45, 7) is 7.19. The minimum absolute atomic E-state index is 1.25. The van der Waals surface area contributed by atoms with Crippen molar-refractivity contribution in [1.82, 2.24) is 4.98 Å². The van der Waals surface area contributed by atoms with E-state index in [1.807, 2.05) is 24.3 Å². The van der Waals surface area contributed by atoms with Crippen LogP contribution in [-0.2, 0) is 7.05 Å². The average Bonchev–Trinajstić information content (AvgIpc) is 2.56. The zero-order valence-electron chi connectivity index (χ0n) is 14.5. The lowest BCUT2D eigenvalue weighted by Gasteiger charge is -2.35. The van der Waals surface area contributed by atoms with Crippen molar-refractivity contribution >= 4 is 30.2 Å². The molecule has 0 N–H and O–H groups in total. The predicted molar refractivity (Wildman–Crippen MR) is 103 cm³/mol. The Bertz CT molecular complexity index is 950. The van der Waals surface area contributed by atoms with Gasteiger partial charge in [-0.15, -0.1) is 0 Å². The molecular formula is C20H21N2SSi+. The molecule has 0 saturated heterocycles. The van der Waals surface area contributed by atoms with E-state index in [9.17, 15) is 0 Å². The lowest BCUT2D eigenvalue weighted by atomic mass is 10.1. The Morgan fingerprint density at radius 2 is 1.79 bits per heavy atom. The maximum atomic E-state index is 4.25. The second kappa shape index (κ2) is 5.57. The predicted octanol–water partition coefficient (Wildman–Crippen LogP) is 3.17. The summed E-state index contributed by atoms with van der Waals surface area (Å²) in [6.07, 6.45) is 3.79. The monoisotopic (exact) mass is 349 g/mol. The molecule has 0 bridgehead atoms. The summed E-state index contributed by atoms with van der Waals surface area (Å²) in [7, 11) is 0.315. The molecule has 0 amide bonds. The zero-order valence-corrected chi connectivity index (χ0v) is 16.3. The lowest BCUT2D eigenvalue weighted by molar-refractivity contribution is -0.663. The first-order valence-electron chi connectivity index (χ1n) is 8.21. The number of benzene rings is 2. The SMILES string of the molecule is Cc1ccc2c(c1-c1ccnc[n+]1C)[Si](C)(C)c1ccccc1S2. The van der Waals surface area contributed by atoms with E-state index in [4.69, 9.17) is 0 Å². The van der Waals surface area contributed by atoms with Crippen LogP contribution >= 0.6 is 11.8 Å². The topological polar surface area (TPSA) is 16.8 Å². The van der Waals surface area contributed by atoms with Crippen molar-refractivity contribution in [2.75, 3.05) is 0 Å². The maximum Gasteiger partial charge on any atom is 0.286 e. The summed E-state index contributed by atoms with van der Waals surface area (Å²) >= 11 is 1.92. The highest BCUT2D eigenvalue weighted by Gasteiger charge is 2.38. The summed E-state index contributed by atoms with van der Waals surface area (Å²) in [4.78, 5) is 7.10. The van der Waals surface area contributed by atoms with Gasteiger partial charge in [0, 0.05) is 21.4 Å². The Morgan fingerprint density at radius 1 is 1.00 bits per heavy atom. The zero-order chi connectivity index (χ0) is 16.9. The second-order valence-corrected chi connectivity index (χ2v) is 12.3. The molecule has 1 aliphatic rings. The molecule has 0 atom stereocenters. The summed E-state index contributed by atoms with van der Waals surface area (Å²) in [6, 6.07) is 15.6. The van der Waals surface area contributed by atoms with Crippen LogP contribution < -0.4 is 14.9 Å². The molecular weight excluding hydrogens is 328 g/mol. The number of hydrogen-bond donors (Lipinski definition) is 0. The fourth-order valence-corrected chi connectivity index (χ4v) is 9.61. The van der Waals surface area contributed by atoms with Crippen LogP contribution in [0.3, 0.4) is 0 Å². The van der Waals surface area contributed by atoms with Crippen molar-refractivity contribution < 1.29 is 4.57 Å². The highest BCUT2D eigenvalue weighted by Crippen LogP contribution is 2.36. The van der Waals surface area contributed by atoms with Gasteiger partial charge < -0.3 is 0 Å². The van der Waals surface area contributed by atoms with Gasteiger partial charge in [-0.3, -0.25) is 0 Å². The molecule has 4 heteroatoms. The van der Waals surface area contributed by atoms with Crippen LogP contribution in [0.2, 0.25) is 13.1 Å². The molecule has 0 unspecified atom stereocenters. The van der Waals surface area contributed by atoms with E-state index in [0.29, 0.717) is 0 Å². The van der Waals surface area contributed by atoms with E-state index in [1.165, 1.54) is 26.6 Å². The number of aryl methyl sites for hydroxylation is 2. The van der Waals surface area contributed by atoms with Crippen LogP contribution in [0, 0.1) is 6.92 Å². The van der Waals surface area contributed by atoms with E-state index >= 15 is 0 Å². The third-order valence-corrected chi connectivity index (χ3v) is 10.0. The van der Waals surface area contributed by atoms with Crippen LogP contribution in [0.15, 0.2) is 64.8 Å². The fourth-order valence-electron chi connectivity index (χ4n) is 3.74. The van der Waals surface area contributed by atoms with Crippen LogP contribution in [-0.4, -0.2) is 13.1 Å². The van der Waals surface area contributed by atoms with E-state index in [1.54, 1.807) is 10.4 Å². The van der Waals surface area contributed by atoms with Crippen molar-refractivity contribution in [3.05, 3.63) is 60.6 Å². The minimum atomic E-state index is -1.77. The van der Waals surface area contributed by atoms with Gasteiger partial charge in [-0.05, 0) is 35.0 Å². The van der Waals surface area contributed by atoms with Gasteiger partial charge in [-0.1, -0.05) is 54.1 Å². The van der Waals surface area contributed by atoms with E-state index in [0.717, 1.165) is 0 Å². The van der Waals surface area contributed by atoms with Crippen LogP contribution in [0.4, 0.5) is 0 Å². The van der Waals surface area contributed by atoms with Crippen LogP contribution in [0.1, 0.15) is 5.56 Å². The molecule has 2 nitrogen and oxygen atoms in total. The molecule has 24 heavy (non-hydrogen) atoms. The normalized spacial score (nSPS) is 14.8. The Balaban J connectivity index is 2.06. The van der Waals surface area contributed by atoms with Gasteiger partial charge in [0.05, 0.1) is 7.05 Å². The highest BCUT2D eigenvalue weighted by molar-refractivity contribution is 8.00. The minimum Gasteiger partial charge on any atom is -0.233 e. The first-order chi connectivity index (χ1) is 11.5. The molecule has 120 valence electrons. The number of fused-ring (bicyclic) bond motifs is 2.